The average Bonchev–Trinajstić information content (AvgIpc) is 2.32. The van der Waals surface area contributed by atoms with Gasteiger partial charge in [-0.15, -0.1) is 0 Å². The molecule has 0 heterocycles. The molecule has 0 aromatic heterocycles. The minimum absolute atomic E-state index is 0.244. The van der Waals surface area contributed by atoms with Crippen molar-refractivity contribution in [2.45, 2.75) is 44.5 Å². The first-order valence-corrected chi connectivity index (χ1v) is 7.33. The molecule has 0 amide bonds. The van der Waals surface area contributed by atoms with Crippen LogP contribution < -0.4 is 4.74 Å². The van der Waals surface area contributed by atoms with E-state index >= 15 is 0 Å². The Bertz CT molecular complexity index is 421. The molecule has 1 fully saturated rings. The summed E-state index contributed by atoms with van der Waals surface area (Å²) in [7, 11) is 0. The van der Waals surface area contributed by atoms with Crippen molar-refractivity contribution in [2.24, 2.45) is 5.41 Å². The van der Waals surface area contributed by atoms with Gasteiger partial charge < -0.3 is 4.74 Å². The van der Waals surface area contributed by atoms with Gasteiger partial charge in [0, 0.05) is 15.3 Å². The van der Waals surface area contributed by atoms with Crippen LogP contribution in [0.4, 0.5) is 0 Å². The smallest absolute Gasteiger partial charge is 0.120 e. The van der Waals surface area contributed by atoms with Gasteiger partial charge in [0.2, 0.25) is 0 Å². The van der Waals surface area contributed by atoms with Crippen LogP contribution in [0.5, 0.6) is 5.75 Å². The fourth-order valence-corrected chi connectivity index (χ4v) is 3.33. The largest absolute Gasteiger partial charge is 0.490 e. The second-order valence-electron chi connectivity index (χ2n) is 5.08. The first kappa shape index (κ1) is 13.2. The summed E-state index contributed by atoms with van der Waals surface area (Å²) < 4.78 is 6.07. The Hall–Kier alpha value is -0.210. The maximum Gasteiger partial charge on any atom is 0.120 e. The molecule has 1 aliphatic carbocycles. The first-order valence-electron chi connectivity index (χ1n) is 6.04. The van der Waals surface area contributed by atoms with Crippen molar-refractivity contribution in [2.75, 3.05) is 0 Å². The lowest BCUT2D eigenvalue weighted by Crippen LogP contribution is -2.54. The zero-order valence-electron chi connectivity index (χ0n) is 10.5. The molecular formula is C14H18BrClO. The van der Waals surface area contributed by atoms with Crippen molar-refractivity contribution < 1.29 is 4.74 Å². The van der Waals surface area contributed by atoms with E-state index < -0.39 is 0 Å². The Labute approximate surface area is 117 Å². The van der Waals surface area contributed by atoms with Crippen LogP contribution in [0.2, 0.25) is 5.02 Å². The van der Waals surface area contributed by atoms with Gasteiger partial charge in [-0.25, -0.2) is 0 Å². The van der Waals surface area contributed by atoms with E-state index in [1.807, 2.05) is 25.1 Å². The number of rotatable bonds is 3. The molecular weight excluding hydrogens is 300 g/mol. The van der Waals surface area contributed by atoms with Gasteiger partial charge in [-0.3, -0.25) is 0 Å². The molecule has 0 N–H and O–H groups in total. The lowest BCUT2D eigenvalue weighted by Gasteiger charge is -2.50. The lowest BCUT2D eigenvalue weighted by atomic mass is 9.65. The Morgan fingerprint density at radius 2 is 2.24 bits per heavy atom. The number of benzene rings is 1. The average molecular weight is 318 g/mol. The van der Waals surface area contributed by atoms with Gasteiger partial charge in [-0.05, 0) is 43.5 Å². The Morgan fingerprint density at radius 1 is 1.53 bits per heavy atom. The summed E-state index contributed by atoms with van der Waals surface area (Å²) in [6, 6.07) is 5.87. The van der Waals surface area contributed by atoms with Crippen LogP contribution in [0.15, 0.2) is 18.2 Å². The van der Waals surface area contributed by atoms with E-state index in [1.54, 1.807) is 0 Å². The van der Waals surface area contributed by atoms with E-state index in [4.69, 9.17) is 16.3 Å². The van der Waals surface area contributed by atoms with Crippen LogP contribution in [-0.2, 0) is 0 Å². The van der Waals surface area contributed by atoms with E-state index in [1.165, 1.54) is 0 Å². The van der Waals surface area contributed by atoms with E-state index in [0.717, 1.165) is 29.2 Å². The summed E-state index contributed by atoms with van der Waals surface area (Å²) >= 11 is 9.73. The second kappa shape index (κ2) is 4.81. The summed E-state index contributed by atoms with van der Waals surface area (Å²) in [6.45, 7) is 6.50. The second-order valence-corrected chi connectivity index (χ2v) is 6.59. The molecule has 0 aliphatic heterocycles. The third-order valence-corrected chi connectivity index (χ3v) is 5.89. The number of halogens is 2. The minimum Gasteiger partial charge on any atom is -0.490 e. The van der Waals surface area contributed by atoms with Crippen molar-refractivity contribution >= 4 is 27.5 Å². The number of hydrogen-bond acceptors (Lipinski definition) is 1. The topological polar surface area (TPSA) is 9.23 Å². The number of hydrogen-bond donors (Lipinski definition) is 0. The summed E-state index contributed by atoms with van der Waals surface area (Å²) in [5, 5.41) is 0.794. The maximum atomic E-state index is 6.07. The predicted molar refractivity (Wildman–Crippen MR) is 76.3 cm³/mol. The standard InChI is InChI=1S/C14H18BrClO/c1-4-14(3)12(15)8-13(14)17-10-5-6-11(16)9(2)7-10/h5-7,12-13H,4,8H2,1-3H3. The molecule has 17 heavy (non-hydrogen) atoms. The summed E-state index contributed by atoms with van der Waals surface area (Å²) in [4.78, 5) is 0.568. The van der Waals surface area contributed by atoms with Gasteiger partial charge in [-0.2, -0.15) is 0 Å². The molecule has 0 bridgehead atoms. The monoisotopic (exact) mass is 316 g/mol. The molecule has 3 heteroatoms. The van der Waals surface area contributed by atoms with Gasteiger partial charge in [0.1, 0.15) is 11.9 Å². The van der Waals surface area contributed by atoms with E-state index in [0.29, 0.717) is 10.9 Å². The van der Waals surface area contributed by atoms with Gasteiger partial charge in [0.15, 0.2) is 0 Å². The van der Waals surface area contributed by atoms with Gasteiger partial charge in [0.25, 0.3) is 0 Å². The molecule has 1 nitrogen and oxygen atoms in total. The van der Waals surface area contributed by atoms with Crippen molar-refractivity contribution in [1.82, 2.24) is 0 Å². The van der Waals surface area contributed by atoms with Crippen molar-refractivity contribution in [3.8, 4) is 5.75 Å². The van der Waals surface area contributed by atoms with Gasteiger partial charge >= 0.3 is 0 Å². The zero-order valence-corrected chi connectivity index (χ0v) is 12.8. The first-order chi connectivity index (χ1) is 7.97. The molecule has 0 radical (unpaired) electrons. The number of alkyl halides is 1. The van der Waals surface area contributed by atoms with Crippen LogP contribution in [0.25, 0.3) is 0 Å². The van der Waals surface area contributed by atoms with E-state index in [9.17, 15) is 0 Å². The van der Waals surface area contributed by atoms with Gasteiger partial charge in [-0.1, -0.05) is 41.4 Å². The molecule has 3 unspecified atom stereocenters. The highest BCUT2D eigenvalue weighted by Gasteiger charge is 2.50. The quantitative estimate of drug-likeness (QED) is 0.714. The molecule has 94 valence electrons. The fraction of sp³-hybridized carbons (Fsp3) is 0.571. The zero-order chi connectivity index (χ0) is 12.6. The SMILES string of the molecule is CCC1(C)C(Br)CC1Oc1ccc(Cl)c(C)c1. The molecule has 2 rings (SSSR count). The summed E-state index contributed by atoms with van der Waals surface area (Å²) in [5.41, 5.74) is 1.31. The van der Waals surface area contributed by atoms with Crippen LogP contribution in [-0.4, -0.2) is 10.9 Å². The third-order valence-electron chi connectivity index (χ3n) is 4.04. The van der Waals surface area contributed by atoms with E-state index in [-0.39, 0.29) is 5.41 Å². The van der Waals surface area contributed by atoms with E-state index in [2.05, 4.69) is 29.8 Å². The van der Waals surface area contributed by atoms with Crippen molar-refractivity contribution in [3.63, 3.8) is 0 Å². The minimum atomic E-state index is 0.244. The third kappa shape index (κ3) is 2.34. The maximum absolute atomic E-state index is 6.07. The normalized spacial score (nSPS) is 32.1. The van der Waals surface area contributed by atoms with Crippen LogP contribution >= 0.6 is 27.5 Å². The van der Waals surface area contributed by atoms with Crippen LogP contribution in [0.3, 0.4) is 0 Å². The molecule has 0 spiro atoms. The van der Waals surface area contributed by atoms with Crippen LogP contribution in [0.1, 0.15) is 32.3 Å². The fourth-order valence-electron chi connectivity index (χ4n) is 2.25. The Morgan fingerprint density at radius 3 is 2.76 bits per heavy atom. The molecule has 1 aromatic carbocycles. The molecule has 0 saturated heterocycles. The molecule has 1 saturated carbocycles. The highest BCUT2D eigenvalue weighted by Crippen LogP contribution is 2.50. The summed E-state index contributed by atoms with van der Waals surface area (Å²) in [5.74, 6) is 0.927. The van der Waals surface area contributed by atoms with Gasteiger partial charge in [0.05, 0.1) is 0 Å². The number of aryl methyl sites for hydroxylation is 1. The summed E-state index contributed by atoms with van der Waals surface area (Å²) in [6.07, 6.45) is 2.50. The van der Waals surface area contributed by atoms with Crippen molar-refractivity contribution in [3.05, 3.63) is 28.8 Å². The van der Waals surface area contributed by atoms with Crippen LogP contribution in [0, 0.1) is 12.3 Å². The molecule has 1 aliphatic rings. The molecule has 3 atom stereocenters. The molecule has 1 aromatic rings. The Kier molecular flexibility index (Phi) is 3.74. The van der Waals surface area contributed by atoms with Crippen molar-refractivity contribution in [1.29, 1.82) is 0 Å². The lowest BCUT2D eigenvalue weighted by molar-refractivity contribution is -0.0243. The Balaban J connectivity index is 2.09. The predicted octanol–water partition coefficient (Wildman–Crippen LogP) is 4.98. The highest BCUT2D eigenvalue weighted by molar-refractivity contribution is 9.09. The highest BCUT2D eigenvalue weighted by atomic mass is 79.9. The number of ether oxygens (including phenoxy) is 1.